The van der Waals surface area contributed by atoms with Crippen LogP contribution in [-0.4, -0.2) is 10.7 Å². The van der Waals surface area contributed by atoms with E-state index in [4.69, 9.17) is 0 Å². The van der Waals surface area contributed by atoms with E-state index < -0.39 is 16.6 Å². The van der Waals surface area contributed by atoms with Gasteiger partial charge >= 0.3 is 10.7 Å². The van der Waals surface area contributed by atoms with Crippen LogP contribution < -0.4 is 5.32 Å². The molecule has 1 amide bonds. The number of carbonyl (C=O) groups is 1. The molecular weight excluding hydrogens is 263 g/mol. The fraction of sp³-hybridized carbons (Fsp3) is 0.125. The van der Waals surface area contributed by atoms with Gasteiger partial charge in [-0.3, -0.25) is 4.79 Å². The van der Waals surface area contributed by atoms with Crippen molar-refractivity contribution in [1.29, 1.82) is 0 Å². The molecule has 0 saturated carbocycles. The van der Waals surface area contributed by atoms with E-state index in [1.165, 1.54) is 12.1 Å². The van der Waals surface area contributed by atoms with E-state index in [0.717, 1.165) is 12.1 Å². The highest BCUT2D eigenvalue weighted by Gasteiger charge is 2.34. The summed E-state index contributed by atoms with van der Waals surface area (Å²) in [4.78, 5) is 7.09. The smallest absolute Gasteiger partial charge is 0.320 e. The minimum absolute atomic E-state index is 0.107. The molecule has 2 nitrogen and oxygen atoms in total. The molecule has 0 unspecified atom stereocenters. The molecule has 1 aromatic carbocycles. The van der Waals surface area contributed by atoms with Gasteiger partial charge in [0.1, 0.15) is 5.82 Å². The van der Waals surface area contributed by atoms with Crippen molar-refractivity contribution in [1.82, 2.24) is 0 Å². The third-order valence-electron chi connectivity index (χ3n) is 1.36. The van der Waals surface area contributed by atoms with Crippen molar-refractivity contribution in [3.8, 4) is 0 Å². The van der Waals surface area contributed by atoms with E-state index in [0.29, 0.717) is 0 Å². The number of benzene rings is 1. The lowest BCUT2D eigenvalue weighted by molar-refractivity contribution is -0.128. The number of anilines is 1. The van der Waals surface area contributed by atoms with Crippen LogP contribution in [0.1, 0.15) is 0 Å². The first-order valence-corrected chi connectivity index (χ1v) is 4.32. The van der Waals surface area contributed by atoms with Gasteiger partial charge in [-0.05, 0) is 24.3 Å². The number of rotatable bonds is 2. The van der Waals surface area contributed by atoms with Crippen LogP contribution in [-0.2, 0) is 4.79 Å². The normalized spacial score (nSPS) is 11.1. The molecule has 0 fully saturated rings. The zero-order valence-corrected chi connectivity index (χ0v) is 8.32. The topological polar surface area (TPSA) is 29.1 Å². The molecule has 0 aliphatic heterocycles. The maximum absolute atomic E-state index is 12.4. The highest BCUT2D eigenvalue weighted by atomic mass is 79.9. The Labute approximate surface area is 86.2 Å². The average Bonchev–Trinajstić information content (AvgIpc) is 2.07. The van der Waals surface area contributed by atoms with E-state index >= 15 is 0 Å². The summed E-state index contributed by atoms with van der Waals surface area (Å²) in [6.45, 7) is 0. The van der Waals surface area contributed by atoms with E-state index in [-0.39, 0.29) is 5.69 Å². The van der Waals surface area contributed by atoms with Gasteiger partial charge in [0.25, 0.3) is 0 Å². The number of amides is 1. The average molecular weight is 268 g/mol. The summed E-state index contributed by atoms with van der Waals surface area (Å²) >= 11 is 1.90. The number of hydrogen-bond acceptors (Lipinski definition) is 1. The van der Waals surface area contributed by atoms with E-state index in [9.17, 15) is 18.0 Å². The van der Waals surface area contributed by atoms with Crippen molar-refractivity contribution < 1.29 is 18.0 Å². The van der Waals surface area contributed by atoms with Crippen LogP contribution in [0.25, 0.3) is 0 Å². The maximum Gasteiger partial charge on any atom is 0.378 e. The Hall–Kier alpha value is -1.04. The monoisotopic (exact) mass is 267 g/mol. The van der Waals surface area contributed by atoms with E-state index in [1.54, 1.807) is 0 Å². The Morgan fingerprint density at radius 2 is 1.79 bits per heavy atom. The largest absolute Gasteiger partial charge is 0.378 e. The molecule has 0 aromatic heterocycles. The molecule has 0 radical (unpaired) electrons. The molecule has 14 heavy (non-hydrogen) atoms. The van der Waals surface area contributed by atoms with Gasteiger partial charge in [0.2, 0.25) is 0 Å². The summed E-state index contributed by atoms with van der Waals surface area (Å²) in [6, 6.07) is 4.49. The number of hydrogen-bond donors (Lipinski definition) is 1. The van der Waals surface area contributed by atoms with Gasteiger partial charge in [-0.25, -0.2) is 4.39 Å². The van der Waals surface area contributed by atoms with Crippen molar-refractivity contribution >= 4 is 27.5 Å². The van der Waals surface area contributed by atoms with Crippen molar-refractivity contribution in [3.63, 3.8) is 0 Å². The highest BCUT2D eigenvalue weighted by molar-refractivity contribution is 9.10. The Balaban J connectivity index is 2.71. The molecule has 0 bridgehead atoms. The highest BCUT2D eigenvalue weighted by Crippen LogP contribution is 2.23. The summed E-state index contributed by atoms with van der Waals surface area (Å²) in [6.07, 6.45) is 0. The third-order valence-corrected chi connectivity index (χ3v) is 1.72. The fourth-order valence-electron chi connectivity index (χ4n) is 0.735. The van der Waals surface area contributed by atoms with Crippen LogP contribution in [0, 0.1) is 5.82 Å². The lowest BCUT2D eigenvalue weighted by Crippen LogP contribution is -2.28. The van der Waals surface area contributed by atoms with Crippen LogP contribution in [0.2, 0.25) is 0 Å². The molecule has 1 rings (SSSR count). The predicted molar refractivity (Wildman–Crippen MR) is 48.9 cm³/mol. The molecule has 0 aliphatic rings. The SMILES string of the molecule is O=C(Nc1ccc(F)cc1)C(F)(F)Br. The van der Waals surface area contributed by atoms with Crippen molar-refractivity contribution in [2.45, 2.75) is 4.83 Å². The molecule has 0 saturated heterocycles. The number of carbonyl (C=O) groups excluding carboxylic acids is 1. The zero-order valence-electron chi connectivity index (χ0n) is 6.73. The fourth-order valence-corrected chi connectivity index (χ4v) is 0.834. The first kappa shape index (κ1) is 11.0. The molecule has 0 atom stereocenters. The van der Waals surface area contributed by atoms with Gasteiger partial charge in [0.05, 0.1) is 0 Å². The maximum atomic E-state index is 12.4. The Kier molecular flexibility index (Phi) is 3.15. The molecule has 0 spiro atoms. The summed E-state index contributed by atoms with van der Waals surface area (Å²) < 4.78 is 37.0. The second-order valence-corrected chi connectivity index (χ2v) is 3.45. The minimum Gasteiger partial charge on any atom is -0.320 e. The zero-order chi connectivity index (χ0) is 10.8. The van der Waals surface area contributed by atoms with E-state index in [2.05, 4.69) is 0 Å². The molecule has 0 aliphatic carbocycles. The Bertz CT molecular complexity index is 333. The summed E-state index contributed by atoms with van der Waals surface area (Å²) in [7, 11) is 0. The van der Waals surface area contributed by atoms with Crippen molar-refractivity contribution in [2.75, 3.05) is 5.32 Å². The Morgan fingerprint density at radius 1 is 1.29 bits per heavy atom. The molecular formula is C8H5BrF3NO. The number of halogens is 4. The number of nitrogens with one attached hydrogen (secondary N) is 1. The molecule has 1 N–H and O–H groups in total. The minimum atomic E-state index is -3.62. The van der Waals surface area contributed by atoms with Crippen LogP contribution in [0.3, 0.4) is 0 Å². The van der Waals surface area contributed by atoms with Gasteiger partial charge in [-0.2, -0.15) is 8.78 Å². The molecule has 76 valence electrons. The van der Waals surface area contributed by atoms with Crippen LogP contribution >= 0.6 is 15.9 Å². The predicted octanol–water partition coefficient (Wildman–Crippen LogP) is 2.75. The van der Waals surface area contributed by atoms with Crippen LogP contribution in [0.15, 0.2) is 24.3 Å². The van der Waals surface area contributed by atoms with Crippen LogP contribution in [0.5, 0.6) is 0 Å². The standard InChI is InChI=1S/C8H5BrF3NO/c9-8(11,12)7(14)13-6-3-1-5(10)2-4-6/h1-4H,(H,13,14). The second-order valence-electron chi connectivity index (χ2n) is 2.46. The molecule has 1 aromatic rings. The van der Waals surface area contributed by atoms with Gasteiger partial charge < -0.3 is 5.32 Å². The molecule has 0 heterocycles. The summed E-state index contributed by atoms with van der Waals surface area (Å²) in [5.41, 5.74) is 0.107. The van der Waals surface area contributed by atoms with Gasteiger partial charge in [0.15, 0.2) is 0 Å². The van der Waals surface area contributed by atoms with Crippen LogP contribution in [0.4, 0.5) is 18.9 Å². The van der Waals surface area contributed by atoms with Crippen molar-refractivity contribution in [3.05, 3.63) is 30.1 Å². The first-order chi connectivity index (χ1) is 6.39. The summed E-state index contributed by atoms with van der Waals surface area (Å²) in [5.74, 6) is -2.00. The molecule has 6 heteroatoms. The lowest BCUT2D eigenvalue weighted by Gasteiger charge is -2.08. The van der Waals surface area contributed by atoms with Gasteiger partial charge in [-0.15, -0.1) is 0 Å². The van der Waals surface area contributed by atoms with Gasteiger partial charge in [0, 0.05) is 21.6 Å². The quantitative estimate of drug-likeness (QED) is 0.821. The number of alkyl halides is 3. The third kappa shape index (κ3) is 3.02. The van der Waals surface area contributed by atoms with Crippen molar-refractivity contribution in [2.24, 2.45) is 0 Å². The first-order valence-electron chi connectivity index (χ1n) is 3.53. The lowest BCUT2D eigenvalue weighted by atomic mass is 10.3. The Morgan fingerprint density at radius 3 is 2.21 bits per heavy atom. The van der Waals surface area contributed by atoms with E-state index in [1.807, 2.05) is 21.2 Å². The second kappa shape index (κ2) is 4.00. The summed E-state index contributed by atoms with van der Waals surface area (Å²) in [5, 5.41) is 1.91. The van der Waals surface area contributed by atoms with Gasteiger partial charge in [-0.1, -0.05) is 0 Å².